The third kappa shape index (κ3) is 4.33. The molecule has 1 aliphatic carbocycles. The second-order valence-corrected chi connectivity index (χ2v) is 8.01. The van der Waals surface area contributed by atoms with Crippen LogP contribution in [-0.2, 0) is 29.0 Å². The number of carbonyl (C=O) groups is 2. The second kappa shape index (κ2) is 8.70. The first-order valence-electron chi connectivity index (χ1n) is 10.4. The highest BCUT2D eigenvalue weighted by Crippen LogP contribution is 2.27. The molecule has 2 atom stereocenters. The molecule has 2 aromatic carbocycles. The number of likely N-dealkylation sites (tertiary alicyclic amines) is 1. The van der Waals surface area contributed by atoms with E-state index in [2.05, 4.69) is 34.5 Å². The van der Waals surface area contributed by atoms with Crippen molar-refractivity contribution >= 4 is 11.7 Å². The molecule has 1 heterocycles. The highest BCUT2D eigenvalue weighted by atomic mass is 16.2. The van der Waals surface area contributed by atoms with E-state index in [9.17, 15) is 9.59 Å². The molecule has 2 aromatic rings. The molecule has 0 radical (unpaired) electrons. The quantitative estimate of drug-likeness (QED) is 0.843. The summed E-state index contributed by atoms with van der Waals surface area (Å²) in [4.78, 5) is 27.7. The fraction of sp³-hybridized carbons (Fsp3) is 0.417. The van der Waals surface area contributed by atoms with Gasteiger partial charge in [-0.1, -0.05) is 54.6 Å². The Bertz CT molecular complexity index is 834. The van der Waals surface area contributed by atoms with Crippen molar-refractivity contribution in [1.29, 1.82) is 0 Å². The molecule has 1 N–H and O–H groups in total. The van der Waals surface area contributed by atoms with Gasteiger partial charge in [0.05, 0.1) is 12.6 Å². The van der Waals surface area contributed by atoms with E-state index in [1.54, 1.807) is 0 Å². The largest absolute Gasteiger partial charge is 0.351 e. The average molecular weight is 377 g/mol. The van der Waals surface area contributed by atoms with E-state index in [1.165, 1.54) is 11.1 Å². The van der Waals surface area contributed by atoms with Crippen LogP contribution in [0.15, 0.2) is 54.6 Å². The first-order valence-corrected chi connectivity index (χ1v) is 10.4. The number of amides is 1. The van der Waals surface area contributed by atoms with E-state index in [0.717, 1.165) is 44.2 Å². The average Bonchev–Trinajstić information content (AvgIpc) is 3.20. The van der Waals surface area contributed by atoms with E-state index >= 15 is 0 Å². The number of aryl methyl sites for hydroxylation is 1. The molecule has 4 nitrogen and oxygen atoms in total. The van der Waals surface area contributed by atoms with Gasteiger partial charge in [-0.2, -0.15) is 0 Å². The van der Waals surface area contributed by atoms with E-state index < -0.39 is 0 Å². The molecule has 146 valence electrons. The van der Waals surface area contributed by atoms with Gasteiger partial charge in [-0.15, -0.1) is 0 Å². The zero-order chi connectivity index (χ0) is 19.3. The van der Waals surface area contributed by atoms with Gasteiger partial charge in [-0.3, -0.25) is 14.5 Å². The lowest BCUT2D eigenvalue weighted by atomic mass is 9.81. The maximum atomic E-state index is 12.9. The van der Waals surface area contributed by atoms with Crippen molar-refractivity contribution in [1.82, 2.24) is 10.2 Å². The van der Waals surface area contributed by atoms with Gasteiger partial charge in [0.2, 0.25) is 5.91 Å². The minimum atomic E-state index is -0.177. The summed E-state index contributed by atoms with van der Waals surface area (Å²) in [6, 6.07) is 18.2. The molecule has 4 heteroatoms. The van der Waals surface area contributed by atoms with Gasteiger partial charge >= 0.3 is 0 Å². The molecule has 1 amide bonds. The van der Waals surface area contributed by atoms with Crippen LogP contribution in [0.5, 0.6) is 0 Å². The number of benzene rings is 2. The Morgan fingerprint density at radius 3 is 2.54 bits per heavy atom. The molecule has 1 aliphatic heterocycles. The van der Waals surface area contributed by atoms with Crippen molar-refractivity contribution in [2.24, 2.45) is 5.92 Å². The summed E-state index contributed by atoms with van der Waals surface area (Å²) in [5, 5.41) is 3.04. The number of fused-ring (bicyclic) bond motifs is 1. The van der Waals surface area contributed by atoms with Crippen molar-refractivity contribution in [2.45, 2.75) is 44.7 Å². The Labute approximate surface area is 166 Å². The lowest BCUT2D eigenvalue weighted by Gasteiger charge is -2.28. The van der Waals surface area contributed by atoms with Gasteiger partial charge in [0.25, 0.3) is 0 Å². The number of ketones is 1. The van der Waals surface area contributed by atoms with Crippen LogP contribution in [0.1, 0.15) is 36.0 Å². The van der Waals surface area contributed by atoms with Gasteiger partial charge in [0, 0.05) is 12.5 Å². The number of rotatable bonds is 6. The van der Waals surface area contributed by atoms with Crippen LogP contribution in [0.25, 0.3) is 0 Å². The van der Waals surface area contributed by atoms with Gasteiger partial charge in [-0.25, -0.2) is 0 Å². The van der Waals surface area contributed by atoms with E-state index in [0.29, 0.717) is 13.1 Å². The first kappa shape index (κ1) is 18.9. The summed E-state index contributed by atoms with van der Waals surface area (Å²) in [5.74, 6) is 0.420. The Morgan fingerprint density at radius 2 is 1.71 bits per heavy atom. The van der Waals surface area contributed by atoms with Crippen LogP contribution in [0.3, 0.4) is 0 Å². The predicted molar refractivity (Wildman–Crippen MR) is 110 cm³/mol. The second-order valence-electron chi connectivity index (χ2n) is 8.01. The zero-order valence-electron chi connectivity index (χ0n) is 16.3. The molecular weight excluding hydrogens is 348 g/mol. The van der Waals surface area contributed by atoms with Gasteiger partial charge in [0.15, 0.2) is 0 Å². The smallest absolute Gasteiger partial charge is 0.237 e. The fourth-order valence-electron chi connectivity index (χ4n) is 4.52. The first-order chi connectivity index (χ1) is 13.7. The summed E-state index contributed by atoms with van der Waals surface area (Å²) in [6.07, 6.45) is 4.56. The minimum Gasteiger partial charge on any atom is -0.351 e. The number of Topliss-reactive ketones (excluding diaryl/α,β-unsaturated/α-hetero) is 1. The van der Waals surface area contributed by atoms with E-state index in [-0.39, 0.29) is 23.7 Å². The van der Waals surface area contributed by atoms with Gasteiger partial charge < -0.3 is 5.32 Å². The lowest BCUT2D eigenvalue weighted by molar-refractivity contribution is -0.128. The maximum absolute atomic E-state index is 12.9. The van der Waals surface area contributed by atoms with Crippen LogP contribution >= 0.6 is 0 Å². The third-order valence-corrected chi connectivity index (χ3v) is 6.14. The number of carbonyl (C=O) groups excluding carboxylic acids is 2. The maximum Gasteiger partial charge on any atom is 0.237 e. The number of hydrogen-bond acceptors (Lipinski definition) is 3. The Kier molecular flexibility index (Phi) is 5.87. The zero-order valence-corrected chi connectivity index (χ0v) is 16.3. The molecule has 0 spiro atoms. The molecule has 0 saturated carbocycles. The molecule has 4 rings (SSSR count). The molecule has 2 aliphatic rings. The lowest BCUT2D eigenvalue weighted by Crippen LogP contribution is -2.46. The molecule has 0 bridgehead atoms. The number of nitrogens with zero attached hydrogens (tertiary/aromatic N) is 1. The van der Waals surface area contributed by atoms with Crippen LogP contribution < -0.4 is 5.32 Å². The molecule has 1 fully saturated rings. The monoisotopic (exact) mass is 376 g/mol. The van der Waals surface area contributed by atoms with Crippen LogP contribution in [0, 0.1) is 5.92 Å². The summed E-state index contributed by atoms with van der Waals surface area (Å²) >= 11 is 0. The Balaban J connectivity index is 1.32. The molecule has 1 unspecified atom stereocenters. The number of nitrogens with one attached hydrogen (secondary N) is 1. The SMILES string of the molecule is O=C(CN1CCC[C@H]1C(=O)NCc1ccccc1)C1CCc2ccccc2C1. The summed E-state index contributed by atoms with van der Waals surface area (Å²) in [6.45, 7) is 1.77. The standard InChI is InChI=1S/C24H28N2O2/c27-23(21-13-12-19-9-4-5-10-20(19)15-21)17-26-14-6-11-22(26)24(28)25-16-18-7-2-1-3-8-18/h1-5,7-10,21-22H,6,11-17H2,(H,25,28)/t21?,22-/m0/s1. The van der Waals surface area contributed by atoms with Gasteiger partial charge in [-0.05, 0) is 55.3 Å². The van der Waals surface area contributed by atoms with Gasteiger partial charge in [0.1, 0.15) is 5.78 Å². The van der Waals surface area contributed by atoms with Crippen LogP contribution in [0.2, 0.25) is 0 Å². The van der Waals surface area contributed by atoms with E-state index in [4.69, 9.17) is 0 Å². The van der Waals surface area contributed by atoms with Crippen molar-refractivity contribution in [3.63, 3.8) is 0 Å². The van der Waals surface area contributed by atoms with Crippen molar-refractivity contribution in [2.75, 3.05) is 13.1 Å². The van der Waals surface area contributed by atoms with Crippen molar-refractivity contribution in [3.8, 4) is 0 Å². The summed E-state index contributed by atoms with van der Waals surface area (Å²) in [7, 11) is 0. The highest BCUT2D eigenvalue weighted by Gasteiger charge is 2.34. The Hall–Kier alpha value is -2.46. The predicted octanol–water partition coefficient (Wildman–Crippen LogP) is 3.14. The van der Waals surface area contributed by atoms with Crippen molar-refractivity contribution < 1.29 is 9.59 Å². The van der Waals surface area contributed by atoms with Crippen molar-refractivity contribution in [3.05, 3.63) is 71.3 Å². The topological polar surface area (TPSA) is 49.4 Å². The molecule has 1 saturated heterocycles. The number of hydrogen-bond donors (Lipinski definition) is 1. The fourth-order valence-corrected chi connectivity index (χ4v) is 4.52. The van der Waals surface area contributed by atoms with E-state index in [1.807, 2.05) is 30.3 Å². The molecule has 0 aromatic heterocycles. The van der Waals surface area contributed by atoms with Crippen LogP contribution in [0.4, 0.5) is 0 Å². The third-order valence-electron chi connectivity index (χ3n) is 6.14. The van der Waals surface area contributed by atoms with Crippen LogP contribution in [-0.4, -0.2) is 35.7 Å². The molecular formula is C24H28N2O2. The molecule has 28 heavy (non-hydrogen) atoms. The minimum absolute atomic E-state index is 0.0446. The summed E-state index contributed by atoms with van der Waals surface area (Å²) in [5.41, 5.74) is 3.79. The normalized spacial score (nSPS) is 21.9. The Morgan fingerprint density at radius 1 is 0.964 bits per heavy atom. The summed E-state index contributed by atoms with van der Waals surface area (Å²) < 4.78 is 0. The highest BCUT2D eigenvalue weighted by molar-refractivity contribution is 5.86.